The van der Waals surface area contributed by atoms with Crippen molar-refractivity contribution in [3.05, 3.63) is 34.5 Å². The number of carbonyl (C=O) groups excluding carboxylic acids is 1. The van der Waals surface area contributed by atoms with Crippen LogP contribution in [0.25, 0.3) is 0 Å². The van der Waals surface area contributed by atoms with E-state index < -0.39 is 0 Å². The van der Waals surface area contributed by atoms with Crippen molar-refractivity contribution in [3.8, 4) is 0 Å². The first-order valence-corrected chi connectivity index (χ1v) is 11.3. The van der Waals surface area contributed by atoms with Gasteiger partial charge in [-0.05, 0) is 31.2 Å². The number of amides is 1. The predicted molar refractivity (Wildman–Crippen MR) is 116 cm³/mol. The first-order chi connectivity index (χ1) is 14.2. The van der Waals surface area contributed by atoms with E-state index in [2.05, 4.69) is 56.8 Å². The molecule has 0 aromatic carbocycles. The van der Waals surface area contributed by atoms with Gasteiger partial charge in [-0.2, -0.15) is 0 Å². The molecule has 2 aromatic rings. The van der Waals surface area contributed by atoms with E-state index in [9.17, 15) is 4.79 Å². The number of likely N-dealkylation sites (tertiary alicyclic amines) is 1. The van der Waals surface area contributed by atoms with Crippen LogP contribution in [0, 0.1) is 0 Å². The maximum atomic E-state index is 11.7. The lowest BCUT2D eigenvalue weighted by Crippen LogP contribution is -2.40. The molecule has 8 nitrogen and oxygen atoms in total. The molecule has 1 fully saturated rings. The lowest BCUT2D eigenvalue weighted by molar-refractivity contribution is -0.127. The molecule has 0 bridgehead atoms. The maximum absolute atomic E-state index is 11.7. The van der Waals surface area contributed by atoms with Gasteiger partial charge in [-0.3, -0.25) is 9.79 Å². The summed E-state index contributed by atoms with van der Waals surface area (Å²) in [5.74, 6) is 2.06. The fraction of sp³-hybridized carbons (Fsp3) is 0.600. The van der Waals surface area contributed by atoms with Crippen LogP contribution < -0.4 is 10.6 Å². The van der Waals surface area contributed by atoms with E-state index in [0.29, 0.717) is 13.0 Å². The highest BCUT2D eigenvalue weighted by Gasteiger charge is 2.19. The minimum Gasteiger partial charge on any atom is -0.355 e. The van der Waals surface area contributed by atoms with E-state index in [1.165, 1.54) is 4.88 Å². The summed E-state index contributed by atoms with van der Waals surface area (Å²) in [6.45, 7) is 8.10. The number of hydrogen-bond acceptors (Lipinski definition) is 5. The van der Waals surface area contributed by atoms with Crippen LogP contribution in [0.3, 0.4) is 0 Å². The second kappa shape index (κ2) is 10.9. The first kappa shape index (κ1) is 21.3. The summed E-state index contributed by atoms with van der Waals surface area (Å²) in [5, 5.41) is 17.1. The molecular formula is C20H31N7OS. The van der Waals surface area contributed by atoms with Gasteiger partial charge in [0.2, 0.25) is 5.91 Å². The Hall–Kier alpha value is -2.42. The van der Waals surface area contributed by atoms with Crippen molar-refractivity contribution in [2.75, 3.05) is 26.2 Å². The van der Waals surface area contributed by atoms with Crippen molar-refractivity contribution in [1.82, 2.24) is 30.3 Å². The van der Waals surface area contributed by atoms with E-state index in [1.54, 1.807) is 17.7 Å². The number of carbonyl (C=O) groups is 1. The number of nitrogens with one attached hydrogen (secondary N) is 2. The summed E-state index contributed by atoms with van der Waals surface area (Å²) in [4.78, 5) is 19.7. The Morgan fingerprint density at radius 3 is 3.03 bits per heavy atom. The fourth-order valence-corrected chi connectivity index (χ4v) is 4.13. The van der Waals surface area contributed by atoms with Crippen LogP contribution in [0.15, 0.2) is 28.8 Å². The van der Waals surface area contributed by atoms with E-state index in [0.717, 1.165) is 57.2 Å². The van der Waals surface area contributed by atoms with Crippen molar-refractivity contribution in [1.29, 1.82) is 0 Å². The monoisotopic (exact) mass is 417 g/mol. The van der Waals surface area contributed by atoms with Crippen LogP contribution in [-0.4, -0.2) is 57.7 Å². The minimum absolute atomic E-state index is 0.183. The van der Waals surface area contributed by atoms with Crippen molar-refractivity contribution in [2.24, 2.45) is 4.99 Å². The molecule has 1 unspecified atom stereocenters. The molecule has 1 aliphatic heterocycles. The molecule has 0 saturated carbocycles. The highest BCUT2D eigenvalue weighted by molar-refractivity contribution is 7.10. The molecule has 0 radical (unpaired) electrons. The molecule has 3 heterocycles. The number of aromatic nitrogens is 3. The van der Waals surface area contributed by atoms with Gasteiger partial charge in [0, 0.05) is 50.4 Å². The van der Waals surface area contributed by atoms with Crippen LogP contribution in [0.2, 0.25) is 0 Å². The van der Waals surface area contributed by atoms with E-state index in [4.69, 9.17) is 4.99 Å². The topological polar surface area (TPSA) is 87.4 Å². The number of aryl methyl sites for hydroxylation is 1. The number of guanidine groups is 1. The van der Waals surface area contributed by atoms with Gasteiger partial charge in [-0.1, -0.05) is 13.0 Å². The van der Waals surface area contributed by atoms with E-state index >= 15 is 0 Å². The fourth-order valence-electron chi connectivity index (χ4n) is 3.39. The van der Waals surface area contributed by atoms with Crippen LogP contribution in [-0.2, 0) is 17.8 Å². The molecule has 1 saturated heterocycles. The lowest BCUT2D eigenvalue weighted by atomic mass is 10.3. The zero-order chi connectivity index (χ0) is 20.5. The summed E-state index contributed by atoms with van der Waals surface area (Å²) in [7, 11) is 0. The second-order valence-corrected chi connectivity index (χ2v) is 8.15. The molecule has 1 amide bonds. The SMILES string of the molecule is CCc1nncn1CCNC(=NCCCN1CCCC1=O)NC(C)c1cccs1. The van der Waals surface area contributed by atoms with Crippen molar-refractivity contribution in [2.45, 2.75) is 52.1 Å². The molecular weight excluding hydrogens is 386 g/mol. The standard InChI is InChI=1S/C20H31N7OS/c1-3-18-25-23-15-27(18)13-10-22-20(24-16(2)17-7-5-14-29-17)21-9-6-12-26-11-4-8-19(26)28/h5,7,14-16H,3-4,6,8-13H2,1-2H3,(H2,21,22,24). The lowest BCUT2D eigenvalue weighted by Gasteiger charge is -2.18. The average molecular weight is 418 g/mol. The molecule has 0 aliphatic carbocycles. The summed E-state index contributed by atoms with van der Waals surface area (Å²) in [6.07, 6.45) is 5.18. The summed E-state index contributed by atoms with van der Waals surface area (Å²) in [6, 6.07) is 4.37. The van der Waals surface area contributed by atoms with Crippen LogP contribution >= 0.6 is 11.3 Å². The molecule has 0 spiro atoms. The Kier molecular flexibility index (Phi) is 8.03. The Labute approximate surface area is 176 Å². The third-order valence-electron chi connectivity index (χ3n) is 5.01. The van der Waals surface area contributed by atoms with Gasteiger partial charge in [-0.25, -0.2) is 0 Å². The first-order valence-electron chi connectivity index (χ1n) is 10.4. The molecule has 158 valence electrons. The number of aliphatic imine (C=N–C) groups is 1. The van der Waals surface area contributed by atoms with E-state index in [1.807, 2.05) is 4.90 Å². The second-order valence-electron chi connectivity index (χ2n) is 7.17. The molecule has 1 atom stereocenters. The largest absolute Gasteiger partial charge is 0.355 e. The summed E-state index contributed by atoms with van der Waals surface area (Å²) in [5.41, 5.74) is 0. The maximum Gasteiger partial charge on any atom is 0.222 e. The smallest absolute Gasteiger partial charge is 0.222 e. The molecule has 1 aliphatic rings. The predicted octanol–water partition coefficient (Wildman–Crippen LogP) is 2.21. The van der Waals surface area contributed by atoms with Crippen LogP contribution in [0.5, 0.6) is 0 Å². The normalized spacial score (nSPS) is 15.7. The van der Waals surface area contributed by atoms with Crippen LogP contribution in [0.1, 0.15) is 49.9 Å². The van der Waals surface area contributed by atoms with Gasteiger partial charge >= 0.3 is 0 Å². The average Bonchev–Trinajstić information content (AvgIpc) is 3.47. The molecule has 29 heavy (non-hydrogen) atoms. The van der Waals surface area contributed by atoms with Crippen molar-refractivity contribution >= 4 is 23.2 Å². The number of rotatable bonds is 10. The Morgan fingerprint density at radius 2 is 2.31 bits per heavy atom. The van der Waals surface area contributed by atoms with Crippen molar-refractivity contribution < 1.29 is 4.79 Å². The highest BCUT2D eigenvalue weighted by Crippen LogP contribution is 2.17. The van der Waals surface area contributed by atoms with Crippen LogP contribution in [0.4, 0.5) is 0 Å². The van der Waals surface area contributed by atoms with E-state index in [-0.39, 0.29) is 11.9 Å². The molecule has 2 N–H and O–H groups in total. The zero-order valence-corrected chi connectivity index (χ0v) is 18.1. The minimum atomic E-state index is 0.183. The summed E-state index contributed by atoms with van der Waals surface area (Å²) >= 11 is 1.74. The van der Waals surface area contributed by atoms with Gasteiger partial charge in [0.05, 0.1) is 6.04 Å². The van der Waals surface area contributed by atoms with Gasteiger partial charge in [-0.15, -0.1) is 21.5 Å². The molecule has 3 rings (SSSR count). The Morgan fingerprint density at radius 1 is 1.41 bits per heavy atom. The summed E-state index contributed by atoms with van der Waals surface area (Å²) < 4.78 is 2.06. The van der Waals surface area contributed by atoms with Crippen molar-refractivity contribution in [3.63, 3.8) is 0 Å². The molecule has 9 heteroatoms. The number of thiophene rings is 1. The van der Waals surface area contributed by atoms with Gasteiger partial charge in [0.15, 0.2) is 5.96 Å². The molecule has 2 aromatic heterocycles. The quantitative estimate of drug-likeness (QED) is 0.352. The number of hydrogen-bond donors (Lipinski definition) is 2. The van der Waals surface area contributed by atoms with Gasteiger partial charge < -0.3 is 20.1 Å². The zero-order valence-electron chi connectivity index (χ0n) is 17.3. The highest BCUT2D eigenvalue weighted by atomic mass is 32.1. The number of nitrogens with zero attached hydrogens (tertiary/aromatic N) is 5. The third kappa shape index (κ3) is 6.28. The van der Waals surface area contributed by atoms with Gasteiger partial charge in [0.1, 0.15) is 12.2 Å². The van der Waals surface area contributed by atoms with Gasteiger partial charge in [0.25, 0.3) is 0 Å². The third-order valence-corrected chi connectivity index (χ3v) is 6.06. The Balaban J connectivity index is 1.52. The Bertz CT molecular complexity index is 787.